The Bertz CT molecular complexity index is 1460. The maximum absolute atomic E-state index is 5.66. The van der Waals surface area contributed by atoms with Crippen molar-refractivity contribution in [3.05, 3.63) is 66.4 Å². The highest BCUT2D eigenvalue weighted by molar-refractivity contribution is 6.09. The Morgan fingerprint density at radius 1 is 0.829 bits per heavy atom. The van der Waals surface area contributed by atoms with E-state index in [-0.39, 0.29) is 0 Å². The largest absolute Gasteiger partial charge is 0.493 e. The first-order valence-electron chi connectivity index (χ1n) is 11.0. The van der Waals surface area contributed by atoms with Crippen molar-refractivity contribution in [1.82, 2.24) is 15.0 Å². The third kappa shape index (κ3) is 4.16. The fourth-order valence-electron chi connectivity index (χ4n) is 4.24. The van der Waals surface area contributed by atoms with E-state index in [1.54, 1.807) is 41.0 Å². The van der Waals surface area contributed by atoms with Gasteiger partial charge in [0.25, 0.3) is 0 Å². The summed E-state index contributed by atoms with van der Waals surface area (Å²) < 4.78 is 27.5. The van der Waals surface area contributed by atoms with Crippen LogP contribution < -0.4 is 23.8 Å². The Hall–Kier alpha value is -4.40. The lowest BCUT2D eigenvalue weighted by Crippen LogP contribution is -2.23. The van der Waals surface area contributed by atoms with Crippen LogP contribution in [-0.4, -0.2) is 43.4 Å². The highest BCUT2D eigenvalue weighted by atomic mass is 16.5. The molecule has 0 atom stereocenters. The van der Waals surface area contributed by atoms with E-state index in [9.17, 15) is 0 Å². The van der Waals surface area contributed by atoms with Gasteiger partial charge < -0.3 is 33.2 Å². The zero-order valence-electron chi connectivity index (χ0n) is 20.0. The average Bonchev–Trinajstić information content (AvgIpc) is 3.54. The lowest BCUT2D eigenvalue weighted by molar-refractivity contribution is 0.354. The number of hydrogen-bond donors (Lipinski definition) is 1. The van der Waals surface area contributed by atoms with Crippen LogP contribution in [0.1, 0.15) is 11.3 Å². The van der Waals surface area contributed by atoms with Crippen LogP contribution in [0.2, 0.25) is 0 Å². The molecule has 5 rings (SSSR count). The van der Waals surface area contributed by atoms with Gasteiger partial charge in [-0.15, -0.1) is 0 Å². The quantitative estimate of drug-likeness (QED) is 0.321. The Morgan fingerprint density at radius 2 is 1.57 bits per heavy atom. The number of nitrogens with zero attached hydrogens (tertiary/aromatic N) is 3. The molecule has 0 fully saturated rings. The highest BCUT2D eigenvalue weighted by Gasteiger charge is 2.20. The van der Waals surface area contributed by atoms with E-state index >= 15 is 0 Å². The molecule has 0 aliphatic heterocycles. The van der Waals surface area contributed by atoms with E-state index in [0.29, 0.717) is 36.1 Å². The van der Waals surface area contributed by atoms with Crippen molar-refractivity contribution < 1.29 is 23.4 Å². The van der Waals surface area contributed by atoms with Crippen LogP contribution in [0.5, 0.6) is 23.0 Å². The molecule has 35 heavy (non-hydrogen) atoms. The van der Waals surface area contributed by atoms with Crippen molar-refractivity contribution in [3.63, 3.8) is 0 Å². The van der Waals surface area contributed by atoms with Crippen molar-refractivity contribution in [3.8, 4) is 23.0 Å². The van der Waals surface area contributed by atoms with Gasteiger partial charge in [-0.2, -0.15) is 0 Å². The normalized spacial score (nSPS) is 11.1. The molecule has 0 aliphatic carbocycles. The van der Waals surface area contributed by atoms with Crippen LogP contribution >= 0.6 is 0 Å². The molecule has 0 bridgehead atoms. The van der Waals surface area contributed by atoms with Crippen LogP contribution in [0.4, 0.5) is 5.82 Å². The van der Waals surface area contributed by atoms with Crippen molar-refractivity contribution >= 4 is 27.8 Å². The van der Waals surface area contributed by atoms with Crippen molar-refractivity contribution in [1.29, 1.82) is 0 Å². The maximum Gasteiger partial charge on any atom is 0.162 e. The van der Waals surface area contributed by atoms with Gasteiger partial charge in [0.1, 0.15) is 23.1 Å². The first-order chi connectivity index (χ1) is 17.1. The predicted octanol–water partition coefficient (Wildman–Crippen LogP) is 4.95. The fraction of sp³-hybridized carbons (Fsp3) is 0.231. The zero-order valence-corrected chi connectivity index (χ0v) is 20.0. The standard InChI is InChI=1S/C26H26N4O5/c1-31-20-8-7-16(10-21(20)32-2)13-30(14-17-6-5-9-35-17)26-25-24(27-15-28-26)18-11-22(33-3)23(34-4)12-19(18)29-25/h5-12,15,29H,13-14H2,1-4H3. The van der Waals surface area contributed by atoms with Gasteiger partial charge in [0.05, 0.1) is 46.8 Å². The molecule has 0 saturated heterocycles. The molecule has 1 N–H and O–H groups in total. The second-order valence-electron chi connectivity index (χ2n) is 7.92. The molecular weight excluding hydrogens is 448 g/mol. The molecule has 0 radical (unpaired) electrons. The summed E-state index contributed by atoms with van der Waals surface area (Å²) in [7, 11) is 6.49. The number of H-pyrrole nitrogens is 1. The minimum Gasteiger partial charge on any atom is -0.493 e. The maximum atomic E-state index is 5.66. The molecule has 9 heteroatoms. The summed E-state index contributed by atoms with van der Waals surface area (Å²) in [6.07, 6.45) is 3.24. The minimum atomic E-state index is 0.509. The van der Waals surface area contributed by atoms with Gasteiger partial charge in [-0.3, -0.25) is 0 Å². The number of benzene rings is 2. The number of aromatic amines is 1. The van der Waals surface area contributed by atoms with E-state index in [1.165, 1.54) is 0 Å². The van der Waals surface area contributed by atoms with Crippen LogP contribution in [0, 0.1) is 0 Å². The molecule has 5 aromatic rings. The summed E-state index contributed by atoms with van der Waals surface area (Å²) in [6.45, 7) is 1.06. The first-order valence-corrected chi connectivity index (χ1v) is 11.0. The summed E-state index contributed by atoms with van der Waals surface area (Å²) in [5.74, 6) is 4.18. The van der Waals surface area contributed by atoms with Gasteiger partial charge in [0, 0.05) is 18.0 Å². The van der Waals surface area contributed by atoms with Gasteiger partial charge in [0.2, 0.25) is 0 Å². The van der Waals surface area contributed by atoms with Gasteiger partial charge in [0.15, 0.2) is 28.8 Å². The smallest absolute Gasteiger partial charge is 0.162 e. The van der Waals surface area contributed by atoms with Crippen LogP contribution in [0.25, 0.3) is 21.9 Å². The van der Waals surface area contributed by atoms with Crippen LogP contribution in [0.15, 0.2) is 59.5 Å². The van der Waals surface area contributed by atoms with Crippen molar-refractivity contribution in [2.75, 3.05) is 33.3 Å². The van der Waals surface area contributed by atoms with E-state index in [4.69, 9.17) is 23.4 Å². The number of furan rings is 1. The Balaban J connectivity index is 1.63. The molecule has 0 amide bonds. The monoisotopic (exact) mass is 474 g/mol. The lowest BCUT2D eigenvalue weighted by Gasteiger charge is -2.23. The summed E-state index contributed by atoms with van der Waals surface area (Å²) in [5, 5.41) is 0.922. The second-order valence-corrected chi connectivity index (χ2v) is 7.92. The minimum absolute atomic E-state index is 0.509. The second kappa shape index (κ2) is 9.46. The van der Waals surface area contributed by atoms with Crippen molar-refractivity contribution in [2.24, 2.45) is 0 Å². The third-order valence-corrected chi connectivity index (χ3v) is 5.91. The fourth-order valence-corrected chi connectivity index (χ4v) is 4.24. The zero-order chi connectivity index (χ0) is 24.4. The molecule has 3 aromatic heterocycles. The van der Waals surface area contributed by atoms with E-state index in [1.807, 2.05) is 42.5 Å². The van der Waals surface area contributed by atoms with Crippen LogP contribution in [0.3, 0.4) is 0 Å². The van der Waals surface area contributed by atoms with E-state index in [0.717, 1.165) is 39.1 Å². The molecular formula is C26H26N4O5. The number of nitrogens with one attached hydrogen (secondary N) is 1. The van der Waals surface area contributed by atoms with Gasteiger partial charge in [-0.1, -0.05) is 6.07 Å². The van der Waals surface area contributed by atoms with Gasteiger partial charge >= 0.3 is 0 Å². The molecule has 0 saturated carbocycles. The SMILES string of the molecule is COc1ccc(CN(Cc2ccco2)c2ncnc3c2[nH]c2cc(OC)c(OC)cc23)cc1OC. The Kier molecular flexibility index (Phi) is 6.05. The molecule has 2 aromatic carbocycles. The topological polar surface area (TPSA) is 94.9 Å². The number of hydrogen-bond acceptors (Lipinski definition) is 8. The van der Waals surface area contributed by atoms with Crippen LogP contribution in [-0.2, 0) is 13.1 Å². The molecule has 0 spiro atoms. The molecule has 3 heterocycles. The molecule has 180 valence electrons. The first kappa shape index (κ1) is 22.4. The number of anilines is 1. The summed E-state index contributed by atoms with van der Waals surface area (Å²) in [5.41, 5.74) is 3.51. The predicted molar refractivity (Wildman–Crippen MR) is 133 cm³/mol. The van der Waals surface area contributed by atoms with Crippen molar-refractivity contribution in [2.45, 2.75) is 13.1 Å². The lowest BCUT2D eigenvalue weighted by atomic mass is 10.1. The number of aromatic nitrogens is 3. The number of fused-ring (bicyclic) bond motifs is 3. The van der Waals surface area contributed by atoms with E-state index in [2.05, 4.69) is 19.9 Å². The van der Waals surface area contributed by atoms with Gasteiger partial charge in [-0.05, 0) is 35.9 Å². The Labute approximate surface area is 202 Å². The Morgan fingerprint density at radius 3 is 2.29 bits per heavy atom. The molecule has 0 aliphatic rings. The number of rotatable bonds is 9. The number of ether oxygens (including phenoxy) is 4. The molecule has 9 nitrogen and oxygen atoms in total. The van der Waals surface area contributed by atoms with Gasteiger partial charge in [-0.25, -0.2) is 9.97 Å². The molecule has 0 unspecified atom stereocenters. The summed E-state index contributed by atoms with van der Waals surface area (Å²) in [4.78, 5) is 14.9. The van der Waals surface area contributed by atoms with E-state index < -0.39 is 0 Å². The third-order valence-electron chi connectivity index (χ3n) is 5.91. The highest BCUT2D eigenvalue weighted by Crippen LogP contribution is 2.37. The number of methoxy groups -OCH3 is 4. The summed E-state index contributed by atoms with van der Waals surface area (Å²) >= 11 is 0. The average molecular weight is 475 g/mol. The summed E-state index contributed by atoms with van der Waals surface area (Å²) in [6, 6.07) is 13.5.